The van der Waals surface area contributed by atoms with Crippen molar-refractivity contribution in [3.05, 3.63) is 40.7 Å². The lowest BCUT2D eigenvalue weighted by Crippen LogP contribution is -2.37. The zero-order valence-electron chi connectivity index (χ0n) is 12.7. The third-order valence-corrected chi connectivity index (χ3v) is 5.13. The van der Waals surface area contributed by atoms with Crippen LogP contribution in [0.25, 0.3) is 10.2 Å². The Morgan fingerprint density at radius 3 is 3.00 bits per heavy atom. The minimum absolute atomic E-state index is 0.138. The number of ether oxygens (including phenoxy) is 1. The van der Waals surface area contributed by atoms with E-state index in [0.717, 1.165) is 15.9 Å². The minimum Gasteiger partial charge on any atom is -0.490 e. The highest BCUT2D eigenvalue weighted by Crippen LogP contribution is 2.35. The molecule has 1 amide bonds. The van der Waals surface area contributed by atoms with E-state index in [-0.39, 0.29) is 11.7 Å². The summed E-state index contributed by atoms with van der Waals surface area (Å²) in [4.78, 5) is 16.0. The van der Waals surface area contributed by atoms with Crippen LogP contribution in [-0.2, 0) is 7.05 Å². The van der Waals surface area contributed by atoms with Crippen molar-refractivity contribution in [2.45, 2.75) is 6.92 Å². The summed E-state index contributed by atoms with van der Waals surface area (Å²) in [5.74, 6) is 0.00847. The number of carbonyl (C=O) groups excluding carboxylic acids is 1. The van der Waals surface area contributed by atoms with E-state index < -0.39 is 0 Å². The highest BCUT2D eigenvalue weighted by molar-refractivity contribution is 7.20. The molecule has 0 atom stereocenters. The van der Waals surface area contributed by atoms with Gasteiger partial charge in [-0.15, -0.1) is 11.3 Å². The predicted molar refractivity (Wildman–Crippen MR) is 86.9 cm³/mol. The molecule has 5 nitrogen and oxygen atoms in total. The van der Waals surface area contributed by atoms with E-state index in [4.69, 9.17) is 4.74 Å². The third-order valence-electron chi connectivity index (χ3n) is 3.94. The van der Waals surface area contributed by atoms with Crippen LogP contribution in [0, 0.1) is 12.7 Å². The maximum absolute atomic E-state index is 13.6. The molecule has 1 aliphatic rings. The van der Waals surface area contributed by atoms with E-state index in [0.29, 0.717) is 29.5 Å². The molecule has 7 heteroatoms. The average Bonchev–Trinajstić information content (AvgIpc) is 3.08. The lowest BCUT2D eigenvalue weighted by atomic mass is 10.2. The molecule has 0 bridgehead atoms. The first-order chi connectivity index (χ1) is 11.0. The Labute approximate surface area is 135 Å². The van der Waals surface area contributed by atoms with Gasteiger partial charge in [-0.3, -0.25) is 9.48 Å². The molecule has 0 saturated heterocycles. The van der Waals surface area contributed by atoms with Gasteiger partial charge >= 0.3 is 0 Å². The Morgan fingerprint density at radius 1 is 1.39 bits per heavy atom. The summed E-state index contributed by atoms with van der Waals surface area (Å²) in [6.45, 7) is 2.72. The molecule has 0 N–H and O–H groups in total. The number of nitrogens with zero attached hydrogens (tertiary/aromatic N) is 3. The van der Waals surface area contributed by atoms with Gasteiger partial charge < -0.3 is 9.64 Å². The number of amides is 1. The molecule has 0 unspecified atom stereocenters. The topological polar surface area (TPSA) is 47.4 Å². The highest BCUT2D eigenvalue weighted by Gasteiger charge is 2.27. The molecule has 23 heavy (non-hydrogen) atoms. The van der Waals surface area contributed by atoms with E-state index in [9.17, 15) is 9.18 Å². The Bertz CT molecular complexity index is 896. The summed E-state index contributed by atoms with van der Waals surface area (Å²) in [7, 11) is 1.86. The Hall–Kier alpha value is -2.41. The van der Waals surface area contributed by atoms with Crippen LogP contribution in [0.1, 0.15) is 15.4 Å². The Kier molecular flexibility index (Phi) is 3.12. The van der Waals surface area contributed by atoms with Crippen LogP contribution in [0.2, 0.25) is 0 Å². The summed E-state index contributed by atoms with van der Waals surface area (Å²) in [6, 6.07) is 6.09. The quantitative estimate of drug-likeness (QED) is 0.688. The summed E-state index contributed by atoms with van der Waals surface area (Å²) < 4.78 is 20.8. The molecule has 3 aromatic rings. The molecule has 2 aromatic heterocycles. The van der Waals surface area contributed by atoms with Gasteiger partial charge in [0.2, 0.25) is 0 Å². The van der Waals surface area contributed by atoms with Crippen LogP contribution in [-0.4, -0.2) is 28.8 Å². The van der Waals surface area contributed by atoms with Gasteiger partial charge in [0.15, 0.2) is 0 Å². The fourth-order valence-electron chi connectivity index (χ4n) is 2.85. The van der Waals surface area contributed by atoms with Crippen LogP contribution in [0.3, 0.4) is 0 Å². The van der Waals surface area contributed by atoms with Crippen LogP contribution in [0.15, 0.2) is 24.3 Å². The molecular formula is C16H14FN3O2S. The van der Waals surface area contributed by atoms with Crippen molar-refractivity contribution >= 4 is 33.1 Å². The number of thiophene rings is 1. The Morgan fingerprint density at radius 2 is 2.22 bits per heavy atom. The molecule has 4 rings (SSSR count). The number of fused-ring (bicyclic) bond motifs is 2. The normalized spacial score (nSPS) is 14.0. The lowest BCUT2D eigenvalue weighted by Gasteiger charge is -2.29. The number of rotatable bonds is 1. The van der Waals surface area contributed by atoms with Gasteiger partial charge in [0.25, 0.3) is 5.91 Å². The van der Waals surface area contributed by atoms with Gasteiger partial charge in [0, 0.05) is 18.5 Å². The number of halogens is 1. The number of hydrogen-bond acceptors (Lipinski definition) is 4. The largest absolute Gasteiger partial charge is 0.490 e. The van der Waals surface area contributed by atoms with Crippen molar-refractivity contribution in [2.24, 2.45) is 7.05 Å². The standard InChI is InChI=1S/C16H14FN3O2S/c1-9-11-8-14(23-16(11)19(2)18-9)15(21)20-5-6-22-13-4-3-10(17)7-12(13)20/h3-4,7-8H,5-6H2,1-2H3. The van der Waals surface area contributed by atoms with E-state index in [1.54, 1.807) is 15.6 Å². The minimum atomic E-state index is -0.386. The van der Waals surface area contributed by atoms with Crippen molar-refractivity contribution in [1.82, 2.24) is 9.78 Å². The summed E-state index contributed by atoms with van der Waals surface area (Å²) in [5.41, 5.74) is 1.37. The van der Waals surface area contributed by atoms with Gasteiger partial charge in [-0.2, -0.15) is 5.10 Å². The van der Waals surface area contributed by atoms with Gasteiger partial charge in [0.1, 0.15) is 23.0 Å². The molecule has 0 spiro atoms. The maximum atomic E-state index is 13.6. The average molecular weight is 331 g/mol. The molecule has 0 fully saturated rings. The summed E-state index contributed by atoms with van der Waals surface area (Å²) in [6.07, 6.45) is 0. The molecule has 1 aliphatic heterocycles. The Balaban J connectivity index is 1.77. The fourth-order valence-corrected chi connectivity index (χ4v) is 3.92. The molecular weight excluding hydrogens is 317 g/mol. The van der Waals surface area contributed by atoms with E-state index in [2.05, 4.69) is 5.10 Å². The zero-order chi connectivity index (χ0) is 16.1. The summed E-state index contributed by atoms with van der Waals surface area (Å²) in [5, 5.41) is 5.32. The van der Waals surface area contributed by atoms with Crippen LogP contribution in [0.4, 0.5) is 10.1 Å². The second kappa shape index (κ2) is 5.06. The third kappa shape index (κ3) is 2.19. The number of aromatic nitrogens is 2. The molecule has 0 saturated carbocycles. The second-order valence-corrected chi connectivity index (χ2v) is 6.49. The van der Waals surface area contributed by atoms with Crippen molar-refractivity contribution in [1.29, 1.82) is 0 Å². The monoisotopic (exact) mass is 331 g/mol. The first-order valence-electron chi connectivity index (χ1n) is 7.22. The SMILES string of the molecule is Cc1nn(C)c2sc(C(=O)N3CCOc4ccc(F)cc43)cc12. The number of aryl methyl sites for hydroxylation is 2. The lowest BCUT2D eigenvalue weighted by molar-refractivity contribution is 0.0980. The highest BCUT2D eigenvalue weighted by atomic mass is 32.1. The fraction of sp³-hybridized carbons (Fsp3) is 0.250. The van der Waals surface area contributed by atoms with Crippen LogP contribution < -0.4 is 9.64 Å². The van der Waals surface area contributed by atoms with Gasteiger partial charge in [0.05, 0.1) is 22.8 Å². The summed E-state index contributed by atoms with van der Waals surface area (Å²) >= 11 is 1.40. The van der Waals surface area contributed by atoms with Crippen molar-refractivity contribution < 1.29 is 13.9 Å². The molecule has 0 radical (unpaired) electrons. The first kappa shape index (κ1) is 14.2. The zero-order valence-corrected chi connectivity index (χ0v) is 13.5. The molecule has 3 heterocycles. The van der Waals surface area contributed by atoms with Gasteiger partial charge in [-0.05, 0) is 25.1 Å². The van der Waals surface area contributed by atoms with Gasteiger partial charge in [-0.25, -0.2) is 4.39 Å². The number of anilines is 1. The van der Waals surface area contributed by atoms with Crippen molar-refractivity contribution in [3.63, 3.8) is 0 Å². The van der Waals surface area contributed by atoms with Crippen molar-refractivity contribution in [2.75, 3.05) is 18.1 Å². The van der Waals surface area contributed by atoms with E-state index in [1.807, 2.05) is 20.0 Å². The smallest absolute Gasteiger partial charge is 0.268 e. The maximum Gasteiger partial charge on any atom is 0.268 e. The number of hydrogen-bond donors (Lipinski definition) is 0. The van der Waals surface area contributed by atoms with Crippen LogP contribution in [0.5, 0.6) is 5.75 Å². The second-order valence-electron chi connectivity index (χ2n) is 5.46. The van der Waals surface area contributed by atoms with Gasteiger partial charge in [-0.1, -0.05) is 0 Å². The first-order valence-corrected chi connectivity index (χ1v) is 8.03. The molecule has 0 aliphatic carbocycles. The molecule has 118 valence electrons. The van der Waals surface area contributed by atoms with E-state index in [1.165, 1.54) is 23.5 Å². The predicted octanol–water partition coefficient (Wildman–Crippen LogP) is 3.12. The van der Waals surface area contributed by atoms with Crippen molar-refractivity contribution in [3.8, 4) is 5.75 Å². The van der Waals surface area contributed by atoms with E-state index >= 15 is 0 Å². The number of carbonyl (C=O) groups is 1. The van der Waals surface area contributed by atoms with Crippen LogP contribution >= 0.6 is 11.3 Å². The molecule has 1 aromatic carbocycles. The number of benzene rings is 1.